The summed E-state index contributed by atoms with van der Waals surface area (Å²) >= 11 is 0. The summed E-state index contributed by atoms with van der Waals surface area (Å²) in [5.41, 5.74) is 0. The van der Waals surface area contributed by atoms with Crippen LogP contribution in [0.3, 0.4) is 0 Å². The van der Waals surface area contributed by atoms with Gasteiger partial charge in [-0.25, -0.2) is 0 Å². The average Bonchev–Trinajstić information content (AvgIpc) is 2.59. The summed E-state index contributed by atoms with van der Waals surface area (Å²) < 4.78 is 0. The Morgan fingerprint density at radius 2 is 1.11 bits per heavy atom. The van der Waals surface area contributed by atoms with Gasteiger partial charge in [0.2, 0.25) is 0 Å². The van der Waals surface area contributed by atoms with E-state index >= 15 is 0 Å². The van der Waals surface area contributed by atoms with Crippen molar-refractivity contribution in [2.45, 2.75) is 48.6 Å². The van der Waals surface area contributed by atoms with Crippen LogP contribution in [-0.4, -0.2) is 128 Å². The van der Waals surface area contributed by atoms with Gasteiger partial charge in [0, 0.05) is 6.54 Å². The molecule has 158 valence electrons. The first kappa shape index (κ1) is 23.6. The minimum atomic E-state index is -1.53. The third-order valence-corrected chi connectivity index (χ3v) is 4.38. The molecule has 0 aromatic heterocycles. The van der Waals surface area contributed by atoms with Gasteiger partial charge in [0.15, 0.2) is 0 Å². The molecular formula is C14H27N3O10. The van der Waals surface area contributed by atoms with Crippen molar-refractivity contribution in [1.29, 1.82) is 0 Å². The highest BCUT2D eigenvalue weighted by Gasteiger charge is 2.49. The molecule has 27 heavy (non-hydrogen) atoms. The molecule has 1 aliphatic rings. The van der Waals surface area contributed by atoms with Crippen LogP contribution in [0, 0.1) is 0 Å². The normalized spacial score (nSPS) is 33.4. The summed E-state index contributed by atoms with van der Waals surface area (Å²) in [6.45, 7) is -2.30. The number of rotatable bonds is 11. The number of nitrogens with one attached hydrogen (secondary N) is 3. The van der Waals surface area contributed by atoms with Gasteiger partial charge in [-0.05, 0) is 0 Å². The van der Waals surface area contributed by atoms with E-state index in [1.165, 1.54) is 0 Å². The maximum Gasteiger partial charge on any atom is 0.317 e. The van der Waals surface area contributed by atoms with Crippen LogP contribution >= 0.6 is 0 Å². The van der Waals surface area contributed by atoms with E-state index in [4.69, 9.17) is 15.3 Å². The molecule has 0 radical (unpaired) electrons. The maximum atomic E-state index is 10.8. The maximum absolute atomic E-state index is 10.8. The fraction of sp³-hybridized carbons (Fsp3) is 0.857. The number of aliphatic carboxylic acids is 2. The molecule has 8 atom stereocenters. The zero-order valence-corrected chi connectivity index (χ0v) is 14.3. The van der Waals surface area contributed by atoms with Gasteiger partial charge in [-0.15, -0.1) is 0 Å². The fourth-order valence-electron chi connectivity index (χ4n) is 2.93. The molecule has 11 N–H and O–H groups in total. The minimum absolute atomic E-state index is 0.353. The molecule has 1 saturated carbocycles. The van der Waals surface area contributed by atoms with Crippen LogP contribution in [0.5, 0.6) is 0 Å². The molecule has 0 bridgehead atoms. The van der Waals surface area contributed by atoms with Crippen molar-refractivity contribution in [1.82, 2.24) is 16.0 Å². The van der Waals surface area contributed by atoms with Crippen LogP contribution in [0.25, 0.3) is 0 Å². The Kier molecular flexibility index (Phi) is 9.44. The third kappa shape index (κ3) is 6.60. The first-order valence-electron chi connectivity index (χ1n) is 8.25. The molecule has 0 heterocycles. The van der Waals surface area contributed by atoms with Crippen molar-refractivity contribution in [2.24, 2.45) is 0 Å². The standard InChI is InChI=1S/C14H27N3O10/c18-4-6(20)5(19)1-15-9-12(25)10(16-2-7(21)22)14(27)11(13(9)26)17-3-8(23)24/h5-6,9-20,25-27H,1-4H2,(H,21,22)(H,23,24)/t5-,6+,9?,10-,11+,12-,13+,14?/m0/s1. The molecule has 2 unspecified atom stereocenters. The van der Waals surface area contributed by atoms with Gasteiger partial charge < -0.3 is 46.2 Å². The van der Waals surface area contributed by atoms with Gasteiger partial charge in [0.05, 0.1) is 62.2 Å². The van der Waals surface area contributed by atoms with Crippen LogP contribution in [0.1, 0.15) is 0 Å². The molecule has 0 amide bonds. The predicted molar refractivity (Wildman–Crippen MR) is 87.8 cm³/mol. The lowest BCUT2D eigenvalue weighted by Gasteiger charge is -2.47. The number of carbonyl (C=O) groups is 2. The Hall–Kier alpha value is -1.42. The van der Waals surface area contributed by atoms with Crippen LogP contribution in [0.15, 0.2) is 0 Å². The van der Waals surface area contributed by atoms with E-state index in [0.29, 0.717) is 0 Å². The molecular weight excluding hydrogens is 370 g/mol. The monoisotopic (exact) mass is 397 g/mol. The van der Waals surface area contributed by atoms with Gasteiger partial charge in [0.1, 0.15) is 6.10 Å². The molecule has 0 saturated heterocycles. The number of hydrogen-bond donors (Lipinski definition) is 11. The Morgan fingerprint density at radius 3 is 1.44 bits per heavy atom. The first-order valence-corrected chi connectivity index (χ1v) is 8.25. The third-order valence-electron chi connectivity index (χ3n) is 4.38. The summed E-state index contributed by atoms with van der Waals surface area (Å²) in [4.78, 5) is 21.5. The van der Waals surface area contributed by atoms with Crippen molar-refractivity contribution >= 4 is 11.9 Å². The van der Waals surface area contributed by atoms with Gasteiger partial charge in [-0.2, -0.15) is 0 Å². The van der Waals surface area contributed by atoms with E-state index in [1.807, 2.05) is 0 Å². The van der Waals surface area contributed by atoms with Crippen LogP contribution < -0.4 is 16.0 Å². The molecule has 0 aromatic carbocycles. The minimum Gasteiger partial charge on any atom is -0.480 e. The molecule has 0 aromatic rings. The molecule has 13 heteroatoms. The molecule has 0 aliphatic heterocycles. The smallest absolute Gasteiger partial charge is 0.317 e. The molecule has 0 spiro atoms. The van der Waals surface area contributed by atoms with Crippen molar-refractivity contribution in [3.05, 3.63) is 0 Å². The number of aliphatic hydroxyl groups excluding tert-OH is 6. The SMILES string of the molecule is O=C(O)CN[C@@H]1C(O)[C@H](NCC(=O)O)[C@H](O)C(NC[C@H](O)[C@H](O)CO)[C@@H]1O. The van der Waals surface area contributed by atoms with Crippen LogP contribution in [0.2, 0.25) is 0 Å². The second kappa shape index (κ2) is 10.8. The first-order chi connectivity index (χ1) is 12.6. The molecule has 1 rings (SSSR count). The summed E-state index contributed by atoms with van der Waals surface area (Å²) in [6.07, 6.45) is -7.47. The second-order valence-electron chi connectivity index (χ2n) is 6.32. The van der Waals surface area contributed by atoms with Crippen molar-refractivity contribution in [3.8, 4) is 0 Å². The van der Waals surface area contributed by atoms with E-state index in [0.717, 1.165) is 0 Å². The van der Waals surface area contributed by atoms with E-state index in [1.54, 1.807) is 0 Å². The van der Waals surface area contributed by atoms with Crippen molar-refractivity contribution < 1.29 is 50.4 Å². The largest absolute Gasteiger partial charge is 0.480 e. The lowest BCUT2D eigenvalue weighted by atomic mass is 9.79. The molecule has 13 nitrogen and oxygen atoms in total. The summed E-state index contributed by atoms with van der Waals surface area (Å²) in [5.74, 6) is -2.52. The summed E-state index contributed by atoms with van der Waals surface area (Å²) in [7, 11) is 0. The van der Waals surface area contributed by atoms with E-state index in [9.17, 15) is 35.1 Å². The summed E-state index contributed by atoms with van der Waals surface area (Å²) in [5, 5.41) is 84.0. The summed E-state index contributed by atoms with van der Waals surface area (Å²) in [6, 6.07) is -3.70. The van der Waals surface area contributed by atoms with Crippen LogP contribution in [-0.2, 0) is 9.59 Å². The highest BCUT2D eigenvalue weighted by atomic mass is 16.4. The van der Waals surface area contributed by atoms with Gasteiger partial charge >= 0.3 is 11.9 Å². The Balaban J connectivity index is 2.92. The van der Waals surface area contributed by atoms with Crippen LogP contribution in [0.4, 0.5) is 0 Å². The van der Waals surface area contributed by atoms with Crippen molar-refractivity contribution in [3.63, 3.8) is 0 Å². The zero-order chi connectivity index (χ0) is 20.7. The lowest BCUT2D eigenvalue weighted by Crippen LogP contribution is -2.74. The quantitative estimate of drug-likeness (QED) is 0.156. The Morgan fingerprint density at radius 1 is 0.741 bits per heavy atom. The number of hydrogen-bond acceptors (Lipinski definition) is 11. The average molecular weight is 397 g/mol. The Bertz CT molecular complexity index is 464. The molecule has 1 aliphatic carbocycles. The Labute approximate surface area is 154 Å². The topological polar surface area (TPSA) is 232 Å². The van der Waals surface area contributed by atoms with E-state index in [-0.39, 0.29) is 6.54 Å². The van der Waals surface area contributed by atoms with E-state index in [2.05, 4.69) is 16.0 Å². The van der Waals surface area contributed by atoms with Gasteiger partial charge in [-0.3, -0.25) is 20.2 Å². The predicted octanol–water partition coefficient (Wildman–Crippen LogP) is -6.16. The van der Waals surface area contributed by atoms with Gasteiger partial charge in [0.25, 0.3) is 0 Å². The lowest BCUT2D eigenvalue weighted by molar-refractivity contribution is -0.138. The van der Waals surface area contributed by atoms with Crippen molar-refractivity contribution in [2.75, 3.05) is 26.2 Å². The number of aliphatic hydroxyl groups is 6. The second-order valence-corrected chi connectivity index (χ2v) is 6.32. The highest BCUT2D eigenvalue weighted by Crippen LogP contribution is 2.22. The zero-order valence-electron chi connectivity index (χ0n) is 14.3. The number of carboxylic acid groups (broad SMARTS) is 2. The highest BCUT2D eigenvalue weighted by molar-refractivity contribution is 5.69. The van der Waals surface area contributed by atoms with E-state index < -0.39 is 80.3 Å². The molecule has 1 fully saturated rings. The number of carboxylic acids is 2. The fourth-order valence-corrected chi connectivity index (χ4v) is 2.93. The van der Waals surface area contributed by atoms with Gasteiger partial charge in [-0.1, -0.05) is 0 Å².